The summed E-state index contributed by atoms with van der Waals surface area (Å²) in [5, 5.41) is 0.324. The highest BCUT2D eigenvalue weighted by molar-refractivity contribution is 7.81. The zero-order valence-corrected chi connectivity index (χ0v) is 8.57. The van der Waals surface area contributed by atoms with Crippen molar-refractivity contribution in [3.05, 3.63) is 23.8 Å². The molecule has 0 saturated carbocycles. The molecule has 0 aromatic rings. The predicted molar refractivity (Wildman–Crippen MR) is 56.3 cm³/mol. The molecule has 1 heteroatoms. The molecular weight excluding hydrogens is 152 g/mol. The fourth-order valence-corrected chi connectivity index (χ4v) is 1.51. The molecule has 0 bridgehead atoms. The molecule has 0 fully saturated rings. The maximum atomic E-state index is 4.46. The number of hydrogen-bond donors (Lipinski definition) is 1. The smallest absolute Gasteiger partial charge is 0.0406 e. The lowest BCUT2D eigenvalue weighted by molar-refractivity contribution is 0.883. The standard InChI is InChI=1S/C10H18S/c1-4-7-9(6-3)10(11)8-5-2/h5-6,8,10-11H,4,7H2,1-3H3/b8-5-,9-6-. The molecule has 0 heterocycles. The van der Waals surface area contributed by atoms with Crippen molar-refractivity contribution in [2.75, 3.05) is 0 Å². The van der Waals surface area contributed by atoms with Gasteiger partial charge in [0.15, 0.2) is 0 Å². The molecule has 0 aliphatic heterocycles. The van der Waals surface area contributed by atoms with Crippen LogP contribution in [-0.4, -0.2) is 5.25 Å². The third-order valence-corrected chi connectivity index (χ3v) is 2.17. The second kappa shape index (κ2) is 6.53. The molecule has 0 rings (SSSR count). The Labute approximate surface area is 75.8 Å². The van der Waals surface area contributed by atoms with Crippen LogP contribution in [0.2, 0.25) is 0 Å². The van der Waals surface area contributed by atoms with Gasteiger partial charge >= 0.3 is 0 Å². The summed E-state index contributed by atoms with van der Waals surface area (Å²) in [5.41, 5.74) is 1.42. The van der Waals surface area contributed by atoms with Crippen molar-refractivity contribution >= 4 is 12.6 Å². The summed E-state index contributed by atoms with van der Waals surface area (Å²) in [6.07, 6.45) is 8.70. The summed E-state index contributed by atoms with van der Waals surface area (Å²) in [4.78, 5) is 0. The molecule has 11 heavy (non-hydrogen) atoms. The van der Waals surface area contributed by atoms with Gasteiger partial charge in [-0.3, -0.25) is 0 Å². The molecule has 0 amide bonds. The summed E-state index contributed by atoms with van der Waals surface area (Å²) in [7, 11) is 0. The van der Waals surface area contributed by atoms with E-state index >= 15 is 0 Å². The van der Waals surface area contributed by atoms with Gasteiger partial charge < -0.3 is 0 Å². The Balaban J connectivity index is 4.03. The minimum absolute atomic E-state index is 0.324. The number of thiol groups is 1. The number of hydrogen-bond acceptors (Lipinski definition) is 1. The molecule has 0 aliphatic carbocycles. The minimum Gasteiger partial charge on any atom is -0.167 e. The van der Waals surface area contributed by atoms with Crippen molar-refractivity contribution in [1.29, 1.82) is 0 Å². The van der Waals surface area contributed by atoms with Crippen LogP contribution in [0.25, 0.3) is 0 Å². The molecular formula is C10H18S. The van der Waals surface area contributed by atoms with Gasteiger partial charge in [-0.25, -0.2) is 0 Å². The van der Waals surface area contributed by atoms with E-state index in [1.54, 1.807) is 0 Å². The first-order valence-electron chi connectivity index (χ1n) is 4.22. The summed E-state index contributed by atoms with van der Waals surface area (Å²) in [6.45, 7) is 6.31. The van der Waals surface area contributed by atoms with Crippen molar-refractivity contribution in [1.82, 2.24) is 0 Å². The van der Waals surface area contributed by atoms with E-state index in [4.69, 9.17) is 0 Å². The lowest BCUT2D eigenvalue weighted by Crippen LogP contribution is -1.98. The molecule has 0 saturated heterocycles. The molecule has 0 aromatic heterocycles. The van der Waals surface area contributed by atoms with Gasteiger partial charge in [-0.15, -0.1) is 0 Å². The second-order valence-electron chi connectivity index (χ2n) is 2.58. The highest BCUT2D eigenvalue weighted by Crippen LogP contribution is 2.16. The highest BCUT2D eigenvalue weighted by atomic mass is 32.1. The zero-order chi connectivity index (χ0) is 8.69. The Morgan fingerprint density at radius 1 is 1.45 bits per heavy atom. The molecule has 0 aromatic carbocycles. The van der Waals surface area contributed by atoms with Crippen LogP contribution in [0.5, 0.6) is 0 Å². The van der Waals surface area contributed by atoms with Crippen molar-refractivity contribution in [3.8, 4) is 0 Å². The van der Waals surface area contributed by atoms with E-state index in [-0.39, 0.29) is 0 Å². The van der Waals surface area contributed by atoms with Gasteiger partial charge in [-0.1, -0.05) is 37.1 Å². The Morgan fingerprint density at radius 3 is 2.45 bits per heavy atom. The van der Waals surface area contributed by atoms with Gasteiger partial charge in [0.25, 0.3) is 0 Å². The lowest BCUT2D eigenvalue weighted by Gasteiger charge is -2.09. The maximum Gasteiger partial charge on any atom is 0.0406 e. The minimum atomic E-state index is 0.324. The van der Waals surface area contributed by atoms with E-state index in [9.17, 15) is 0 Å². The van der Waals surface area contributed by atoms with Gasteiger partial charge in [0, 0.05) is 5.25 Å². The quantitative estimate of drug-likeness (QED) is 0.483. The molecule has 1 unspecified atom stereocenters. The van der Waals surface area contributed by atoms with Crippen LogP contribution in [0.15, 0.2) is 23.8 Å². The highest BCUT2D eigenvalue weighted by Gasteiger charge is 2.02. The summed E-state index contributed by atoms with van der Waals surface area (Å²) in [6, 6.07) is 0. The Hall–Kier alpha value is -0.170. The number of rotatable bonds is 4. The molecule has 0 N–H and O–H groups in total. The third-order valence-electron chi connectivity index (χ3n) is 1.66. The summed E-state index contributed by atoms with van der Waals surface area (Å²) in [5.74, 6) is 0. The predicted octanol–water partition coefficient (Wildman–Crippen LogP) is 3.61. The van der Waals surface area contributed by atoms with Gasteiger partial charge in [0.05, 0.1) is 0 Å². The van der Waals surface area contributed by atoms with Crippen molar-refractivity contribution in [2.45, 2.75) is 38.9 Å². The van der Waals surface area contributed by atoms with Crippen molar-refractivity contribution in [3.63, 3.8) is 0 Å². The average molecular weight is 170 g/mol. The van der Waals surface area contributed by atoms with Crippen LogP contribution in [0.3, 0.4) is 0 Å². The summed E-state index contributed by atoms with van der Waals surface area (Å²) >= 11 is 4.46. The van der Waals surface area contributed by atoms with Gasteiger partial charge in [-0.05, 0) is 20.3 Å². The Kier molecular flexibility index (Phi) is 6.43. The summed E-state index contributed by atoms with van der Waals surface area (Å²) < 4.78 is 0. The Morgan fingerprint density at radius 2 is 2.09 bits per heavy atom. The van der Waals surface area contributed by atoms with E-state index in [1.165, 1.54) is 12.0 Å². The molecule has 0 radical (unpaired) electrons. The van der Waals surface area contributed by atoms with Crippen molar-refractivity contribution in [2.24, 2.45) is 0 Å². The Bertz CT molecular complexity index is 145. The molecule has 0 aliphatic rings. The van der Waals surface area contributed by atoms with Gasteiger partial charge in [0.2, 0.25) is 0 Å². The zero-order valence-electron chi connectivity index (χ0n) is 7.67. The molecule has 0 nitrogen and oxygen atoms in total. The third kappa shape index (κ3) is 4.31. The second-order valence-corrected chi connectivity index (χ2v) is 3.14. The van der Waals surface area contributed by atoms with E-state index in [1.807, 2.05) is 6.92 Å². The van der Waals surface area contributed by atoms with Crippen LogP contribution in [0.4, 0.5) is 0 Å². The first-order valence-corrected chi connectivity index (χ1v) is 4.73. The number of allylic oxidation sites excluding steroid dienone is 2. The van der Waals surface area contributed by atoms with Crippen LogP contribution in [-0.2, 0) is 0 Å². The lowest BCUT2D eigenvalue weighted by atomic mass is 10.1. The SMILES string of the molecule is C/C=C\C(S)/C(=C\C)CCC. The maximum absolute atomic E-state index is 4.46. The molecule has 0 spiro atoms. The van der Waals surface area contributed by atoms with E-state index < -0.39 is 0 Å². The van der Waals surface area contributed by atoms with Crippen molar-refractivity contribution < 1.29 is 0 Å². The van der Waals surface area contributed by atoms with Gasteiger partial charge in [0.1, 0.15) is 0 Å². The van der Waals surface area contributed by atoms with Crippen LogP contribution >= 0.6 is 12.6 Å². The monoisotopic (exact) mass is 170 g/mol. The van der Waals surface area contributed by atoms with Crippen LogP contribution in [0, 0.1) is 0 Å². The van der Waals surface area contributed by atoms with E-state index in [2.05, 4.69) is 44.7 Å². The fraction of sp³-hybridized carbons (Fsp3) is 0.600. The van der Waals surface area contributed by atoms with Crippen LogP contribution < -0.4 is 0 Å². The van der Waals surface area contributed by atoms with E-state index in [0.29, 0.717) is 5.25 Å². The van der Waals surface area contributed by atoms with E-state index in [0.717, 1.165) is 6.42 Å². The first kappa shape index (κ1) is 10.8. The normalized spacial score (nSPS) is 15.8. The fourth-order valence-electron chi connectivity index (χ4n) is 1.06. The molecule has 1 atom stereocenters. The molecule has 64 valence electrons. The largest absolute Gasteiger partial charge is 0.167 e. The first-order chi connectivity index (χ1) is 5.26. The van der Waals surface area contributed by atoms with Crippen LogP contribution in [0.1, 0.15) is 33.6 Å². The average Bonchev–Trinajstić information content (AvgIpc) is 2.00. The topological polar surface area (TPSA) is 0 Å². The van der Waals surface area contributed by atoms with Gasteiger partial charge in [-0.2, -0.15) is 12.6 Å².